The minimum atomic E-state index is 0.552. The van der Waals surface area contributed by atoms with E-state index in [1.54, 1.807) is 7.11 Å². The Balaban J connectivity index is 2.26. The van der Waals surface area contributed by atoms with E-state index in [1.807, 2.05) is 12.1 Å². The van der Waals surface area contributed by atoms with Crippen LogP contribution in [0.3, 0.4) is 0 Å². The SMILES string of the molecule is COc1ccc(CN)c(N2CCCOCC2)c1. The van der Waals surface area contributed by atoms with Gasteiger partial charge in [-0.1, -0.05) is 6.07 Å². The molecule has 17 heavy (non-hydrogen) atoms. The van der Waals surface area contributed by atoms with Gasteiger partial charge in [-0.15, -0.1) is 0 Å². The van der Waals surface area contributed by atoms with Crippen LogP contribution in [0.2, 0.25) is 0 Å². The van der Waals surface area contributed by atoms with Crippen LogP contribution in [0, 0.1) is 0 Å². The van der Waals surface area contributed by atoms with E-state index in [4.69, 9.17) is 15.2 Å². The summed E-state index contributed by atoms with van der Waals surface area (Å²) in [6, 6.07) is 6.06. The molecule has 1 aromatic carbocycles. The number of benzene rings is 1. The molecule has 1 aliphatic heterocycles. The second-order valence-corrected chi connectivity index (χ2v) is 4.15. The molecule has 1 fully saturated rings. The highest BCUT2D eigenvalue weighted by molar-refractivity contribution is 5.57. The third-order valence-corrected chi connectivity index (χ3v) is 3.08. The number of ether oxygens (including phenoxy) is 2. The van der Waals surface area contributed by atoms with Gasteiger partial charge in [-0.2, -0.15) is 0 Å². The average molecular weight is 236 g/mol. The van der Waals surface area contributed by atoms with Gasteiger partial charge in [0.05, 0.1) is 13.7 Å². The van der Waals surface area contributed by atoms with E-state index in [-0.39, 0.29) is 0 Å². The number of nitrogens with two attached hydrogens (primary N) is 1. The van der Waals surface area contributed by atoms with E-state index < -0.39 is 0 Å². The van der Waals surface area contributed by atoms with E-state index >= 15 is 0 Å². The first-order valence-electron chi connectivity index (χ1n) is 6.05. The molecule has 0 aromatic heterocycles. The van der Waals surface area contributed by atoms with Crippen LogP contribution in [0.25, 0.3) is 0 Å². The van der Waals surface area contributed by atoms with Crippen LogP contribution in [0.4, 0.5) is 5.69 Å². The Morgan fingerprint density at radius 2 is 2.24 bits per heavy atom. The summed E-state index contributed by atoms with van der Waals surface area (Å²) in [5.74, 6) is 0.877. The lowest BCUT2D eigenvalue weighted by atomic mass is 10.1. The first kappa shape index (κ1) is 12.2. The van der Waals surface area contributed by atoms with Gasteiger partial charge < -0.3 is 20.1 Å². The standard InChI is InChI=1S/C13H20N2O2/c1-16-12-4-3-11(10-14)13(9-12)15-5-2-7-17-8-6-15/h3-4,9H,2,5-8,10,14H2,1H3. The van der Waals surface area contributed by atoms with E-state index in [0.29, 0.717) is 6.54 Å². The molecular formula is C13H20N2O2. The monoisotopic (exact) mass is 236 g/mol. The second-order valence-electron chi connectivity index (χ2n) is 4.15. The highest BCUT2D eigenvalue weighted by atomic mass is 16.5. The summed E-state index contributed by atoms with van der Waals surface area (Å²) in [5.41, 5.74) is 8.13. The maximum Gasteiger partial charge on any atom is 0.120 e. The third-order valence-electron chi connectivity index (χ3n) is 3.08. The number of methoxy groups -OCH3 is 1. The molecule has 1 aromatic rings. The van der Waals surface area contributed by atoms with Crippen molar-refractivity contribution in [1.29, 1.82) is 0 Å². The van der Waals surface area contributed by atoms with Crippen LogP contribution in [0.1, 0.15) is 12.0 Å². The lowest BCUT2D eigenvalue weighted by Crippen LogP contribution is -2.27. The van der Waals surface area contributed by atoms with Crippen molar-refractivity contribution in [3.05, 3.63) is 23.8 Å². The Labute approximate surface area is 102 Å². The Kier molecular flexibility index (Phi) is 4.23. The van der Waals surface area contributed by atoms with E-state index in [0.717, 1.165) is 44.0 Å². The number of nitrogens with zero attached hydrogens (tertiary/aromatic N) is 1. The molecular weight excluding hydrogens is 216 g/mol. The molecule has 1 heterocycles. The summed E-state index contributed by atoms with van der Waals surface area (Å²) in [6.07, 6.45) is 1.06. The molecule has 4 heteroatoms. The third kappa shape index (κ3) is 2.90. The largest absolute Gasteiger partial charge is 0.497 e. The first-order chi connectivity index (χ1) is 8.35. The fourth-order valence-corrected chi connectivity index (χ4v) is 2.12. The zero-order valence-electron chi connectivity index (χ0n) is 10.3. The summed E-state index contributed by atoms with van der Waals surface area (Å²) in [7, 11) is 1.69. The van der Waals surface area contributed by atoms with Gasteiger partial charge in [-0.3, -0.25) is 0 Å². The predicted molar refractivity (Wildman–Crippen MR) is 68.5 cm³/mol. The van der Waals surface area contributed by atoms with Gasteiger partial charge in [0.25, 0.3) is 0 Å². The van der Waals surface area contributed by atoms with Crippen molar-refractivity contribution in [3.8, 4) is 5.75 Å². The fourth-order valence-electron chi connectivity index (χ4n) is 2.12. The Morgan fingerprint density at radius 1 is 1.35 bits per heavy atom. The molecule has 0 unspecified atom stereocenters. The van der Waals surface area contributed by atoms with Crippen molar-refractivity contribution in [2.24, 2.45) is 5.73 Å². The minimum Gasteiger partial charge on any atom is -0.497 e. The van der Waals surface area contributed by atoms with Gasteiger partial charge in [0.1, 0.15) is 5.75 Å². The Bertz CT molecular complexity index is 360. The predicted octanol–water partition coefficient (Wildman–Crippen LogP) is 1.38. The fraction of sp³-hybridized carbons (Fsp3) is 0.538. The molecule has 0 bridgehead atoms. The van der Waals surface area contributed by atoms with Gasteiger partial charge in [0.15, 0.2) is 0 Å². The van der Waals surface area contributed by atoms with Crippen molar-refractivity contribution in [2.75, 3.05) is 38.3 Å². The average Bonchev–Trinajstić information content (AvgIpc) is 2.66. The quantitative estimate of drug-likeness (QED) is 0.861. The van der Waals surface area contributed by atoms with Gasteiger partial charge in [-0.25, -0.2) is 0 Å². The zero-order valence-corrected chi connectivity index (χ0v) is 10.3. The van der Waals surface area contributed by atoms with E-state index in [2.05, 4.69) is 11.0 Å². The molecule has 0 radical (unpaired) electrons. The van der Waals surface area contributed by atoms with Crippen LogP contribution in [0.5, 0.6) is 5.75 Å². The maximum absolute atomic E-state index is 5.79. The van der Waals surface area contributed by atoms with E-state index in [1.165, 1.54) is 5.69 Å². The zero-order chi connectivity index (χ0) is 12.1. The summed E-state index contributed by atoms with van der Waals surface area (Å²) in [6.45, 7) is 4.11. The van der Waals surface area contributed by atoms with Crippen LogP contribution in [-0.2, 0) is 11.3 Å². The van der Waals surface area contributed by atoms with Crippen molar-refractivity contribution in [2.45, 2.75) is 13.0 Å². The molecule has 0 saturated carbocycles. The molecule has 0 atom stereocenters. The van der Waals surface area contributed by atoms with Gasteiger partial charge in [0, 0.05) is 38.0 Å². The lowest BCUT2D eigenvalue weighted by molar-refractivity contribution is 0.152. The van der Waals surface area contributed by atoms with E-state index in [9.17, 15) is 0 Å². The molecule has 0 amide bonds. The van der Waals surface area contributed by atoms with Crippen molar-refractivity contribution >= 4 is 5.69 Å². The molecule has 2 N–H and O–H groups in total. The van der Waals surface area contributed by atoms with Gasteiger partial charge in [0.2, 0.25) is 0 Å². The molecule has 1 aliphatic rings. The van der Waals surface area contributed by atoms with Crippen LogP contribution in [0.15, 0.2) is 18.2 Å². The smallest absolute Gasteiger partial charge is 0.120 e. The summed E-state index contributed by atoms with van der Waals surface area (Å²) in [4.78, 5) is 2.33. The number of rotatable bonds is 3. The molecule has 94 valence electrons. The minimum absolute atomic E-state index is 0.552. The number of anilines is 1. The normalized spacial score (nSPS) is 16.7. The maximum atomic E-state index is 5.79. The molecule has 1 saturated heterocycles. The highest BCUT2D eigenvalue weighted by Gasteiger charge is 2.14. The first-order valence-corrected chi connectivity index (χ1v) is 6.05. The van der Waals surface area contributed by atoms with Crippen LogP contribution >= 0.6 is 0 Å². The highest BCUT2D eigenvalue weighted by Crippen LogP contribution is 2.26. The number of hydrogen-bond acceptors (Lipinski definition) is 4. The van der Waals surface area contributed by atoms with Gasteiger partial charge in [-0.05, 0) is 18.1 Å². The molecule has 0 spiro atoms. The second kappa shape index (κ2) is 5.89. The summed E-state index contributed by atoms with van der Waals surface area (Å²) < 4.78 is 10.7. The molecule has 0 aliphatic carbocycles. The van der Waals surface area contributed by atoms with Gasteiger partial charge >= 0.3 is 0 Å². The van der Waals surface area contributed by atoms with Crippen molar-refractivity contribution < 1.29 is 9.47 Å². The molecule has 4 nitrogen and oxygen atoms in total. The van der Waals surface area contributed by atoms with Crippen LogP contribution in [-0.4, -0.2) is 33.4 Å². The van der Waals surface area contributed by atoms with Crippen molar-refractivity contribution in [1.82, 2.24) is 0 Å². The Morgan fingerprint density at radius 3 is 3.00 bits per heavy atom. The molecule has 2 rings (SSSR count). The van der Waals surface area contributed by atoms with Crippen LogP contribution < -0.4 is 15.4 Å². The summed E-state index contributed by atoms with van der Waals surface area (Å²) >= 11 is 0. The topological polar surface area (TPSA) is 47.7 Å². The summed E-state index contributed by atoms with van der Waals surface area (Å²) in [5, 5.41) is 0. The number of hydrogen-bond donors (Lipinski definition) is 1. The van der Waals surface area contributed by atoms with Crippen molar-refractivity contribution in [3.63, 3.8) is 0 Å². The lowest BCUT2D eigenvalue weighted by Gasteiger charge is -2.25. The Hall–Kier alpha value is -1.26.